The number of nitrogens with zero attached hydrogens (tertiary/aromatic N) is 5. The van der Waals surface area contributed by atoms with Crippen molar-refractivity contribution in [3.8, 4) is 0 Å². The maximum atomic E-state index is 12.8. The van der Waals surface area contributed by atoms with Crippen LogP contribution in [0.1, 0.15) is 11.4 Å². The molecule has 2 aliphatic rings. The Kier molecular flexibility index (Phi) is 4.55. The van der Waals surface area contributed by atoms with E-state index in [1.165, 1.54) is 0 Å². The Labute approximate surface area is 145 Å². The molecule has 1 aromatic heterocycles. The number of carbonyl (C=O) groups excluding carboxylic acids is 1. The van der Waals surface area contributed by atoms with Gasteiger partial charge in [-0.25, -0.2) is 0 Å². The van der Waals surface area contributed by atoms with Crippen LogP contribution >= 0.6 is 11.3 Å². The second-order valence-corrected chi connectivity index (χ2v) is 7.19. The molecular formula is C17H21N5OS. The molecule has 0 aliphatic carbocycles. The van der Waals surface area contributed by atoms with Gasteiger partial charge in [0.1, 0.15) is 10.5 Å². The van der Waals surface area contributed by atoms with E-state index < -0.39 is 0 Å². The lowest BCUT2D eigenvalue weighted by Crippen LogP contribution is -2.52. The zero-order chi connectivity index (χ0) is 16.4. The number of benzene rings is 1. The zero-order valence-corrected chi connectivity index (χ0v) is 14.4. The number of rotatable bonds is 4. The van der Waals surface area contributed by atoms with Gasteiger partial charge in [-0.1, -0.05) is 18.2 Å². The number of hydrogen-bond acceptors (Lipinski definition) is 6. The van der Waals surface area contributed by atoms with Crippen molar-refractivity contribution in [3.05, 3.63) is 40.8 Å². The smallest absolute Gasteiger partial charge is 0.244 e. The molecule has 1 aromatic carbocycles. The van der Waals surface area contributed by atoms with Crippen LogP contribution < -0.4 is 4.90 Å². The minimum atomic E-state index is 0.0360. The van der Waals surface area contributed by atoms with Gasteiger partial charge in [-0.15, -0.1) is 21.5 Å². The topological polar surface area (TPSA) is 52.6 Å². The van der Waals surface area contributed by atoms with Gasteiger partial charge in [0.2, 0.25) is 5.91 Å². The van der Waals surface area contributed by atoms with Gasteiger partial charge >= 0.3 is 0 Å². The summed E-state index contributed by atoms with van der Waals surface area (Å²) in [6, 6.07) is 10.0. The van der Waals surface area contributed by atoms with Crippen molar-refractivity contribution >= 4 is 22.9 Å². The minimum absolute atomic E-state index is 0.0360. The molecule has 0 spiro atoms. The van der Waals surface area contributed by atoms with Crippen LogP contribution in [0.4, 0.5) is 5.69 Å². The summed E-state index contributed by atoms with van der Waals surface area (Å²) in [6.07, 6.45) is 0.921. The van der Waals surface area contributed by atoms with Gasteiger partial charge < -0.3 is 4.90 Å². The maximum Gasteiger partial charge on any atom is 0.244 e. The van der Waals surface area contributed by atoms with Crippen LogP contribution in [0.25, 0.3) is 0 Å². The van der Waals surface area contributed by atoms with Crippen LogP contribution in [0.2, 0.25) is 0 Å². The number of amides is 1. The third-order valence-corrected chi connectivity index (χ3v) is 5.54. The predicted molar refractivity (Wildman–Crippen MR) is 94.0 cm³/mol. The number of anilines is 1. The Balaban J connectivity index is 1.34. The van der Waals surface area contributed by atoms with Crippen LogP contribution in [0.3, 0.4) is 0 Å². The Hall–Kier alpha value is -1.83. The number of para-hydroxylation sites is 1. The fraction of sp³-hybridized carbons (Fsp3) is 0.471. The average molecular weight is 343 g/mol. The third kappa shape index (κ3) is 3.19. The van der Waals surface area contributed by atoms with Gasteiger partial charge in [0, 0.05) is 38.4 Å². The Morgan fingerprint density at radius 2 is 1.88 bits per heavy atom. The fourth-order valence-corrected chi connectivity index (χ4v) is 4.12. The molecule has 2 aliphatic heterocycles. The van der Waals surface area contributed by atoms with Crippen LogP contribution in [0.15, 0.2) is 35.8 Å². The molecule has 1 unspecified atom stereocenters. The van der Waals surface area contributed by atoms with Gasteiger partial charge in [-0.05, 0) is 18.6 Å². The number of hydrogen-bond donors (Lipinski definition) is 0. The molecule has 126 valence electrons. The van der Waals surface area contributed by atoms with E-state index in [9.17, 15) is 4.79 Å². The first-order chi connectivity index (χ1) is 11.8. The summed E-state index contributed by atoms with van der Waals surface area (Å²) in [7, 11) is 0. The molecule has 2 aromatic rings. The van der Waals surface area contributed by atoms with E-state index >= 15 is 0 Å². The summed E-state index contributed by atoms with van der Waals surface area (Å²) >= 11 is 1.60. The van der Waals surface area contributed by atoms with E-state index in [2.05, 4.69) is 20.0 Å². The van der Waals surface area contributed by atoms with Crippen molar-refractivity contribution in [2.45, 2.75) is 19.0 Å². The zero-order valence-electron chi connectivity index (χ0n) is 13.5. The van der Waals surface area contributed by atoms with Gasteiger partial charge in [0.15, 0.2) is 0 Å². The summed E-state index contributed by atoms with van der Waals surface area (Å²) in [4.78, 5) is 19.5. The van der Waals surface area contributed by atoms with E-state index in [4.69, 9.17) is 0 Å². The molecule has 1 atom stereocenters. The van der Waals surface area contributed by atoms with E-state index in [0.717, 1.165) is 56.4 Å². The standard InChI is InChI=1S/C17H21N5OS/c23-17-15(6-7-22(17)14-4-2-1-3-5-14)21-10-8-20(9-11-21)12-16-19-18-13-24-16/h1-5,13,15H,6-12H2. The lowest BCUT2D eigenvalue weighted by molar-refractivity contribution is -0.122. The van der Waals surface area contributed by atoms with Crippen LogP contribution in [-0.4, -0.2) is 64.7 Å². The average Bonchev–Trinajstić information content (AvgIpc) is 3.26. The summed E-state index contributed by atoms with van der Waals surface area (Å²) < 4.78 is 0. The summed E-state index contributed by atoms with van der Waals surface area (Å²) in [6.45, 7) is 5.53. The summed E-state index contributed by atoms with van der Waals surface area (Å²) in [5, 5.41) is 9.07. The van der Waals surface area contributed by atoms with E-state index in [0.29, 0.717) is 0 Å². The minimum Gasteiger partial charge on any atom is -0.311 e. The molecule has 0 saturated carbocycles. The SMILES string of the molecule is O=C1C(N2CCN(Cc3nncs3)CC2)CCN1c1ccccc1. The van der Waals surface area contributed by atoms with Crippen molar-refractivity contribution < 1.29 is 4.79 Å². The Bertz CT molecular complexity index is 670. The lowest BCUT2D eigenvalue weighted by atomic mass is 10.2. The molecule has 2 saturated heterocycles. The third-order valence-electron chi connectivity index (χ3n) is 4.86. The second-order valence-electron chi connectivity index (χ2n) is 6.27. The van der Waals surface area contributed by atoms with Gasteiger partial charge in [0.25, 0.3) is 0 Å². The Morgan fingerprint density at radius 3 is 2.58 bits per heavy atom. The highest BCUT2D eigenvalue weighted by Gasteiger charge is 2.37. The number of carbonyl (C=O) groups is 1. The highest BCUT2D eigenvalue weighted by atomic mass is 32.1. The van der Waals surface area contributed by atoms with E-state index in [1.807, 2.05) is 35.2 Å². The molecule has 1 amide bonds. The van der Waals surface area contributed by atoms with Crippen LogP contribution in [-0.2, 0) is 11.3 Å². The molecule has 0 radical (unpaired) electrons. The van der Waals surface area contributed by atoms with E-state index in [-0.39, 0.29) is 11.9 Å². The molecule has 6 nitrogen and oxygen atoms in total. The molecule has 3 heterocycles. The van der Waals surface area contributed by atoms with Crippen LogP contribution in [0.5, 0.6) is 0 Å². The number of aromatic nitrogens is 2. The molecule has 7 heteroatoms. The predicted octanol–water partition coefficient (Wildman–Crippen LogP) is 1.46. The molecule has 0 N–H and O–H groups in total. The lowest BCUT2D eigenvalue weighted by Gasteiger charge is -2.36. The van der Waals surface area contributed by atoms with Crippen LogP contribution in [0, 0.1) is 0 Å². The normalized spacial score (nSPS) is 23.1. The Morgan fingerprint density at radius 1 is 1.08 bits per heavy atom. The van der Waals surface area contributed by atoms with Crippen molar-refractivity contribution in [2.75, 3.05) is 37.6 Å². The first kappa shape index (κ1) is 15.7. The molecular weight excluding hydrogens is 322 g/mol. The molecule has 4 rings (SSSR count). The monoisotopic (exact) mass is 343 g/mol. The molecule has 24 heavy (non-hydrogen) atoms. The van der Waals surface area contributed by atoms with Gasteiger partial charge in [-0.3, -0.25) is 14.6 Å². The summed E-state index contributed by atoms with van der Waals surface area (Å²) in [5.41, 5.74) is 2.79. The highest BCUT2D eigenvalue weighted by Crippen LogP contribution is 2.25. The number of piperazine rings is 1. The van der Waals surface area contributed by atoms with Crippen molar-refractivity contribution in [1.82, 2.24) is 20.0 Å². The van der Waals surface area contributed by atoms with Crippen molar-refractivity contribution in [2.24, 2.45) is 0 Å². The highest BCUT2D eigenvalue weighted by molar-refractivity contribution is 7.09. The van der Waals surface area contributed by atoms with Crippen molar-refractivity contribution in [1.29, 1.82) is 0 Å². The first-order valence-corrected chi connectivity index (χ1v) is 9.27. The molecule has 0 bridgehead atoms. The first-order valence-electron chi connectivity index (χ1n) is 8.39. The quantitative estimate of drug-likeness (QED) is 0.841. The van der Waals surface area contributed by atoms with Crippen molar-refractivity contribution in [3.63, 3.8) is 0 Å². The molecule has 2 fully saturated rings. The summed E-state index contributed by atoms with van der Waals surface area (Å²) in [5.74, 6) is 0.249. The fourth-order valence-electron chi connectivity index (χ4n) is 3.56. The second kappa shape index (κ2) is 6.96. The van der Waals surface area contributed by atoms with E-state index in [1.54, 1.807) is 16.8 Å². The largest absolute Gasteiger partial charge is 0.311 e. The maximum absolute atomic E-state index is 12.8. The van der Waals surface area contributed by atoms with Gasteiger partial charge in [-0.2, -0.15) is 0 Å². The van der Waals surface area contributed by atoms with Gasteiger partial charge in [0.05, 0.1) is 12.6 Å².